The molecule has 0 saturated heterocycles. The fraction of sp³-hybridized carbons (Fsp3) is 0.188. The van der Waals surface area contributed by atoms with E-state index < -0.39 is 5.92 Å². The molecule has 120 valence electrons. The van der Waals surface area contributed by atoms with E-state index in [0.29, 0.717) is 22.6 Å². The Hall–Kier alpha value is -1.31. The maximum Gasteiger partial charge on any atom is 0.161 e. The van der Waals surface area contributed by atoms with Crippen molar-refractivity contribution < 1.29 is 9.47 Å². The lowest BCUT2D eigenvalue weighted by molar-refractivity contribution is 0.354. The first-order valence-electron chi connectivity index (χ1n) is 6.39. The van der Waals surface area contributed by atoms with E-state index >= 15 is 0 Å². The molecule has 0 radical (unpaired) electrons. The van der Waals surface area contributed by atoms with Gasteiger partial charge in [0.25, 0.3) is 0 Å². The fourth-order valence-corrected chi connectivity index (χ4v) is 3.23. The van der Waals surface area contributed by atoms with Crippen molar-refractivity contribution >= 4 is 46.4 Å². The normalized spacial score (nSPS) is 11.7. The fourth-order valence-electron chi connectivity index (χ4n) is 2.18. The Morgan fingerprint density at radius 2 is 1.48 bits per heavy atom. The Kier molecular flexibility index (Phi) is 5.89. The SMILES string of the molecule is COc1ccc(C(C#N)c2c(Cl)c(Cl)cc(Cl)c2Cl)cc1OC. The highest BCUT2D eigenvalue weighted by molar-refractivity contribution is 6.48. The number of methoxy groups -OCH3 is 2. The number of hydrogen-bond donors (Lipinski definition) is 0. The minimum Gasteiger partial charge on any atom is -0.493 e. The second-order valence-electron chi connectivity index (χ2n) is 4.56. The number of ether oxygens (including phenoxy) is 2. The Morgan fingerprint density at radius 1 is 0.913 bits per heavy atom. The third-order valence-corrected chi connectivity index (χ3v) is 4.91. The van der Waals surface area contributed by atoms with Crippen LogP contribution < -0.4 is 9.47 Å². The molecule has 0 aromatic heterocycles. The van der Waals surface area contributed by atoms with Gasteiger partial charge in [-0.2, -0.15) is 5.26 Å². The van der Waals surface area contributed by atoms with Crippen molar-refractivity contribution in [2.45, 2.75) is 5.92 Å². The maximum atomic E-state index is 9.63. The van der Waals surface area contributed by atoms with Crippen molar-refractivity contribution in [2.24, 2.45) is 0 Å². The van der Waals surface area contributed by atoms with Gasteiger partial charge in [0.05, 0.1) is 46.3 Å². The van der Waals surface area contributed by atoms with Crippen LogP contribution in [0.5, 0.6) is 11.5 Å². The summed E-state index contributed by atoms with van der Waals surface area (Å²) >= 11 is 24.6. The molecule has 0 aliphatic carbocycles. The van der Waals surface area contributed by atoms with E-state index in [9.17, 15) is 5.26 Å². The smallest absolute Gasteiger partial charge is 0.161 e. The average Bonchev–Trinajstić information content (AvgIpc) is 2.56. The number of rotatable bonds is 4. The average molecular weight is 391 g/mol. The van der Waals surface area contributed by atoms with Crippen LogP contribution in [0.3, 0.4) is 0 Å². The van der Waals surface area contributed by atoms with Crippen molar-refractivity contribution in [1.82, 2.24) is 0 Å². The van der Waals surface area contributed by atoms with Gasteiger partial charge in [-0.05, 0) is 23.8 Å². The van der Waals surface area contributed by atoms with Crippen LogP contribution in [-0.4, -0.2) is 14.2 Å². The number of halogens is 4. The lowest BCUT2D eigenvalue weighted by atomic mass is 9.92. The van der Waals surface area contributed by atoms with Crippen LogP contribution in [0.4, 0.5) is 0 Å². The van der Waals surface area contributed by atoms with E-state index in [4.69, 9.17) is 55.9 Å². The molecule has 0 saturated carbocycles. The first-order valence-corrected chi connectivity index (χ1v) is 7.90. The molecule has 2 aromatic carbocycles. The van der Waals surface area contributed by atoms with Gasteiger partial charge in [0, 0.05) is 5.56 Å². The lowest BCUT2D eigenvalue weighted by Crippen LogP contribution is -2.02. The summed E-state index contributed by atoms with van der Waals surface area (Å²) in [5.41, 5.74) is 0.993. The van der Waals surface area contributed by atoms with Crippen LogP contribution in [0.25, 0.3) is 0 Å². The Morgan fingerprint density at radius 3 is 1.96 bits per heavy atom. The summed E-state index contributed by atoms with van der Waals surface area (Å²) in [4.78, 5) is 0. The Bertz CT molecular complexity index is 760. The summed E-state index contributed by atoms with van der Waals surface area (Å²) in [7, 11) is 3.04. The van der Waals surface area contributed by atoms with Gasteiger partial charge in [-0.1, -0.05) is 52.5 Å². The van der Waals surface area contributed by atoms with Crippen molar-refractivity contribution in [2.75, 3.05) is 14.2 Å². The van der Waals surface area contributed by atoms with Gasteiger partial charge in [-0.25, -0.2) is 0 Å². The molecule has 0 heterocycles. The molecule has 7 heteroatoms. The van der Waals surface area contributed by atoms with Gasteiger partial charge in [0.2, 0.25) is 0 Å². The minimum absolute atomic E-state index is 0.197. The second-order valence-corrected chi connectivity index (χ2v) is 6.13. The molecule has 0 fully saturated rings. The molecule has 1 atom stereocenters. The summed E-state index contributed by atoms with van der Waals surface area (Å²) in [5.74, 6) is 0.283. The molecule has 1 unspecified atom stereocenters. The zero-order chi connectivity index (χ0) is 17.1. The molecule has 0 amide bonds. The molecule has 0 aliphatic rings. The molecular weight excluding hydrogens is 380 g/mol. The van der Waals surface area contributed by atoms with Crippen LogP contribution in [0.2, 0.25) is 20.1 Å². The van der Waals surface area contributed by atoms with E-state index in [2.05, 4.69) is 6.07 Å². The largest absolute Gasteiger partial charge is 0.493 e. The molecule has 3 nitrogen and oxygen atoms in total. The van der Waals surface area contributed by atoms with Gasteiger partial charge < -0.3 is 9.47 Å². The number of nitrogens with zero attached hydrogens (tertiary/aromatic N) is 1. The summed E-state index contributed by atoms with van der Waals surface area (Å²) in [5, 5.41) is 10.5. The molecular formula is C16H11Cl4NO2. The van der Waals surface area contributed by atoms with Gasteiger partial charge in [-0.3, -0.25) is 0 Å². The molecule has 0 spiro atoms. The van der Waals surface area contributed by atoms with Crippen LogP contribution in [0.1, 0.15) is 17.0 Å². The molecule has 0 bridgehead atoms. The molecule has 2 rings (SSSR count). The number of benzene rings is 2. The summed E-state index contributed by atoms with van der Waals surface area (Å²) < 4.78 is 10.5. The molecule has 2 aromatic rings. The summed E-state index contributed by atoms with van der Waals surface area (Å²) in [6.45, 7) is 0. The van der Waals surface area contributed by atoms with Crippen LogP contribution in [0, 0.1) is 11.3 Å². The predicted molar refractivity (Wildman–Crippen MR) is 93.5 cm³/mol. The number of nitriles is 1. The first-order chi connectivity index (χ1) is 10.9. The summed E-state index contributed by atoms with van der Waals surface area (Å²) in [6.07, 6.45) is 0. The van der Waals surface area contributed by atoms with Crippen LogP contribution in [-0.2, 0) is 0 Å². The van der Waals surface area contributed by atoms with Gasteiger partial charge in [0.15, 0.2) is 11.5 Å². The third-order valence-electron chi connectivity index (χ3n) is 3.30. The molecule has 0 aliphatic heterocycles. The highest BCUT2D eigenvalue weighted by Crippen LogP contribution is 2.44. The van der Waals surface area contributed by atoms with Crippen molar-refractivity contribution in [3.8, 4) is 17.6 Å². The molecule has 23 heavy (non-hydrogen) atoms. The monoisotopic (exact) mass is 389 g/mol. The van der Waals surface area contributed by atoms with E-state index in [1.807, 2.05) is 0 Å². The van der Waals surface area contributed by atoms with Crippen molar-refractivity contribution in [3.63, 3.8) is 0 Å². The maximum absolute atomic E-state index is 9.63. The summed E-state index contributed by atoms with van der Waals surface area (Å²) in [6, 6.07) is 8.74. The predicted octanol–water partition coefficient (Wildman–Crippen LogP) is 5.97. The highest BCUT2D eigenvalue weighted by Gasteiger charge is 2.24. The number of hydrogen-bond acceptors (Lipinski definition) is 3. The zero-order valence-corrected chi connectivity index (χ0v) is 15.2. The lowest BCUT2D eigenvalue weighted by Gasteiger charge is -2.17. The van der Waals surface area contributed by atoms with Crippen LogP contribution >= 0.6 is 46.4 Å². The van der Waals surface area contributed by atoms with Gasteiger partial charge in [-0.15, -0.1) is 0 Å². The highest BCUT2D eigenvalue weighted by atomic mass is 35.5. The standard InChI is InChI=1S/C16H11Cl4NO2/c1-22-12-4-3-8(5-13(12)23-2)9(7-21)14-15(19)10(17)6-11(18)16(14)20/h3-6,9H,1-2H3. The van der Waals surface area contributed by atoms with Gasteiger partial charge in [0.1, 0.15) is 0 Å². The van der Waals surface area contributed by atoms with E-state index in [1.165, 1.54) is 20.3 Å². The van der Waals surface area contributed by atoms with Gasteiger partial charge >= 0.3 is 0 Å². The quantitative estimate of drug-likeness (QED) is 0.603. The Labute approximate surface area is 154 Å². The van der Waals surface area contributed by atoms with E-state index in [-0.39, 0.29) is 20.1 Å². The zero-order valence-electron chi connectivity index (χ0n) is 12.2. The minimum atomic E-state index is -0.758. The topological polar surface area (TPSA) is 42.2 Å². The molecule has 0 N–H and O–H groups in total. The van der Waals surface area contributed by atoms with Crippen molar-refractivity contribution in [1.29, 1.82) is 5.26 Å². The van der Waals surface area contributed by atoms with Crippen LogP contribution in [0.15, 0.2) is 24.3 Å². The van der Waals surface area contributed by atoms with E-state index in [0.717, 1.165) is 0 Å². The second kappa shape index (κ2) is 7.51. The third kappa shape index (κ3) is 3.46. The van der Waals surface area contributed by atoms with E-state index in [1.54, 1.807) is 18.2 Å². The Balaban J connectivity index is 2.65. The van der Waals surface area contributed by atoms with Crippen molar-refractivity contribution in [3.05, 3.63) is 55.5 Å². The first kappa shape index (κ1) is 18.0.